The van der Waals surface area contributed by atoms with Gasteiger partial charge < -0.3 is 10.6 Å². The summed E-state index contributed by atoms with van der Waals surface area (Å²) in [6.07, 6.45) is 2.68. The van der Waals surface area contributed by atoms with Crippen LogP contribution in [0.25, 0.3) is 0 Å². The number of thiophene rings is 1. The molecule has 0 bridgehead atoms. The van der Waals surface area contributed by atoms with Crippen molar-refractivity contribution in [3.05, 3.63) is 69.9 Å². The molecule has 3 heterocycles. The molecule has 0 aliphatic carbocycles. The van der Waals surface area contributed by atoms with Crippen LogP contribution in [-0.4, -0.2) is 45.3 Å². The fourth-order valence-corrected chi connectivity index (χ4v) is 4.71. The van der Waals surface area contributed by atoms with E-state index in [0.717, 1.165) is 44.4 Å². The molecule has 1 unspecified atom stereocenters. The SMILES string of the molecule is CCNC(=NCc1ncnn1C)NCC(c1ccccc1)N1CCc2sccc2C1.I. The molecule has 1 aromatic carbocycles. The fraction of sp³-hybridized carbons (Fsp3) is 0.409. The Balaban J connectivity index is 0.00000272. The van der Waals surface area contributed by atoms with Gasteiger partial charge in [-0.3, -0.25) is 9.58 Å². The number of aryl methyl sites for hydroxylation is 1. The summed E-state index contributed by atoms with van der Waals surface area (Å²) in [5.41, 5.74) is 2.79. The van der Waals surface area contributed by atoms with E-state index < -0.39 is 0 Å². The van der Waals surface area contributed by atoms with Crippen LogP contribution in [0.15, 0.2) is 53.1 Å². The van der Waals surface area contributed by atoms with E-state index in [-0.39, 0.29) is 30.0 Å². The Labute approximate surface area is 205 Å². The average molecular weight is 552 g/mol. The lowest BCUT2D eigenvalue weighted by Gasteiger charge is -2.35. The van der Waals surface area contributed by atoms with Crippen molar-refractivity contribution in [3.8, 4) is 0 Å². The molecule has 0 fully saturated rings. The van der Waals surface area contributed by atoms with Gasteiger partial charge in [-0.05, 0) is 35.9 Å². The van der Waals surface area contributed by atoms with Gasteiger partial charge in [0.25, 0.3) is 0 Å². The maximum Gasteiger partial charge on any atom is 0.191 e. The first-order chi connectivity index (χ1) is 14.7. The Morgan fingerprint density at radius 1 is 1.23 bits per heavy atom. The highest BCUT2D eigenvalue weighted by Gasteiger charge is 2.25. The van der Waals surface area contributed by atoms with E-state index in [4.69, 9.17) is 4.99 Å². The maximum absolute atomic E-state index is 4.71. The molecule has 31 heavy (non-hydrogen) atoms. The summed E-state index contributed by atoms with van der Waals surface area (Å²) < 4.78 is 1.76. The highest BCUT2D eigenvalue weighted by Crippen LogP contribution is 2.30. The smallest absolute Gasteiger partial charge is 0.191 e. The van der Waals surface area contributed by atoms with Crippen molar-refractivity contribution in [1.82, 2.24) is 30.3 Å². The van der Waals surface area contributed by atoms with Crippen molar-refractivity contribution in [3.63, 3.8) is 0 Å². The van der Waals surface area contributed by atoms with Crippen molar-refractivity contribution >= 4 is 41.3 Å². The first kappa shape index (κ1) is 23.7. The molecule has 166 valence electrons. The zero-order valence-electron chi connectivity index (χ0n) is 18.0. The largest absolute Gasteiger partial charge is 0.357 e. The van der Waals surface area contributed by atoms with Gasteiger partial charge in [0, 0.05) is 38.1 Å². The Bertz CT molecular complexity index is 969. The zero-order valence-corrected chi connectivity index (χ0v) is 21.1. The van der Waals surface area contributed by atoms with Crippen LogP contribution >= 0.6 is 35.3 Å². The van der Waals surface area contributed by atoms with E-state index in [2.05, 4.69) is 74.3 Å². The molecule has 0 spiro atoms. The van der Waals surface area contributed by atoms with E-state index in [1.54, 1.807) is 11.0 Å². The van der Waals surface area contributed by atoms with Gasteiger partial charge in [-0.1, -0.05) is 30.3 Å². The lowest BCUT2D eigenvalue weighted by Crippen LogP contribution is -2.44. The third-order valence-electron chi connectivity index (χ3n) is 5.45. The molecule has 2 aromatic heterocycles. The average Bonchev–Trinajstić information content (AvgIpc) is 3.41. The van der Waals surface area contributed by atoms with Crippen molar-refractivity contribution in [2.75, 3.05) is 19.6 Å². The lowest BCUT2D eigenvalue weighted by molar-refractivity contribution is 0.181. The van der Waals surface area contributed by atoms with E-state index in [0.29, 0.717) is 6.54 Å². The van der Waals surface area contributed by atoms with Gasteiger partial charge in [0.2, 0.25) is 0 Å². The van der Waals surface area contributed by atoms with Crippen molar-refractivity contribution < 1.29 is 0 Å². The highest BCUT2D eigenvalue weighted by molar-refractivity contribution is 14.0. The van der Waals surface area contributed by atoms with Gasteiger partial charge in [0.1, 0.15) is 18.7 Å². The zero-order chi connectivity index (χ0) is 20.8. The summed E-state index contributed by atoms with van der Waals surface area (Å²) >= 11 is 1.88. The van der Waals surface area contributed by atoms with Crippen molar-refractivity contribution in [2.24, 2.45) is 12.0 Å². The number of guanidine groups is 1. The molecular formula is C22H30IN7S. The summed E-state index contributed by atoms with van der Waals surface area (Å²) in [6.45, 7) is 6.23. The molecule has 3 aromatic rings. The number of fused-ring (bicyclic) bond motifs is 1. The number of benzene rings is 1. The minimum absolute atomic E-state index is 0. The quantitative estimate of drug-likeness (QED) is 0.268. The summed E-state index contributed by atoms with van der Waals surface area (Å²) in [5.74, 6) is 1.64. The molecule has 7 nitrogen and oxygen atoms in total. The van der Waals surface area contributed by atoms with E-state index in [9.17, 15) is 0 Å². The summed E-state index contributed by atoms with van der Waals surface area (Å²) in [6, 6.07) is 13.3. The van der Waals surface area contributed by atoms with Crippen LogP contribution in [0, 0.1) is 0 Å². The highest BCUT2D eigenvalue weighted by atomic mass is 127. The molecule has 0 amide bonds. The number of nitrogens with zero attached hydrogens (tertiary/aromatic N) is 5. The van der Waals surface area contributed by atoms with Gasteiger partial charge >= 0.3 is 0 Å². The Kier molecular flexibility index (Phi) is 8.85. The van der Waals surface area contributed by atoms with Gasteiger partial charge in [-0.2, -0.15) is 5.10 Å². The molecule has 0 radical (unpaired) electrons. The van der Waals surface area contributed by atoms with Gasteiger partial charge in [-0.15, -0.1) is 35.3 Å². The summed E-state index contributed by atoms with van der Waals surface area (Å²) in [5, 5.41) is 13.2. The minimum Gasteiger partial charge on any atom is -0.357 e. The summed E-state index contributed by atoms with van der Waals surface area (Å²) in [7, 11) is 1.89. The van der Waals surface area contributed by atoms with E-state index >= 15 is 0 Å². The molecule has 2 N–H and O–H groups in total. The normalized spacial score (nSPS) is 15.1. The van der Waals surface area contributed by atoms with Crippen LogP contribution in [0.1, 0.15) is 34.8 Å². The van der Waals surface area contributed by atoms with Crippen molar-refractivity contribution in [1.29, 1.82) is 0 Å². The minimum atomic E-state index is 0. The standard InChI is InChI=1S/C22H29N7S.HI/c1-3-23-22(25-14-21-26-16-27-28(21)2)24-13-19(17-7-5-4-6-8-17)29-11-9-20-18(15-29)10-12-30-20;/h4-8,10,12,16,19H,3,9,11,13-15H2,1-2H3,(H2,23,24,25);1H. The maximum atomic E-state index is 4.71. The molecule has 1 atom stereocenters. The number of halogens is 1. The van der Waals surface area contributed by atoms with Crippen LogP contribution < -0.4 is 10.6 Å². The molecule has 0 saturated carbocycles. The third kappa shape index (κ3) is 6.05. The fourth-order valence-electron chi connectivity index (χ4n) is 3.82. The molecular weight excluding hydrogens is 521 g/mol. The van der Waals surface area contributed by atoms with Crippen molar-refractivity contribution in [2.45, 2.75) is 32.5 Å². The monoisotopic (exact) mass is 551 g/mol. The molecule has 1 aliphatic rings. The molecule has 0 saturated heterocycles. The van der Waals surface area contributed by atoms with Gasteiger partial charge in [0.15, 0.2) is 5.96 Å². The molecule has 9 heteroatoms. The van der Waals surface area contributed by atoms with Crippen LogP contribution in [-0.2, 0) is 26.6 Å². The van der Waals surface area contributed by atoms with Gasteiger partial charge in [-0.25, -0.2) is 9.98 Å². The third-order valence-corrected chi connectivity index (χ3v) is 6.48. The second-order valence-electron chi connectivity index (χ2n) is 7.39. The van der Waals surface area contributed by atoms with Crippen LogP contribution in [0.5, 0.6) is 0 Å². The summed E-state index contributed by atoms with van der Waals surface area (Å²) in [4.78, 5) is 13.1. The topological polar surface area (TPSA) is 70.4 Å². The molecule has 4 rings (SSSR count). The van der Waals surface area contributed by atoms with E-state index in [1.807, 2.05) is 18.4 Å². The Morgan fingerprint density at radius 2 is 2.06 bits per heavy atom. The number of aliphatic imine (C=N–C) groups is 1. The Morgan fingerprint density at radius 3 is 2.81 bits per heavy atom. The predicted molar refractivity (Wildman–Crippen MR) is 137 cm³/mol. The van der Waals surface area contributed by atoms with Crippen LogP contribution in [0.4, 0.5) is 0 Å². The van der Waals surface area contributed by atoms with Gasteiger partial charge in [0.05, 0.1) is 6.04 Å². The van der Waals surface area contributed by atoms with E-state index in [1.165, 1.54) is 16.0 Å². The van der Waals surface area contributed by atoms with Crippen LogP contribution in [0.2, 0.25) is 0 Å². The number of nitrogens with one attached hydrogen (secondary N) is 2. The molecule has 1 aliphatic heterocycles. The number of rotatable bonds is 7. The Hall–Kier alpha value is -1.98. The number of hydrogen-bond acceptors (Lipinski definition) is 5. The second-order valence-corrected chi connectivity index (χ2v) is 8.39. The number of hydrogen-bond donors (Lipinski definition) is 2. The lowest BCUT2D eigenvalue weighted by atomic mass is 10.0. The number of aromatic nitrogens is 3. The second kappa shape index (κ2) is 11.6. The predicted octanol–water partition coefficient (Wildman–Crippen LogP) is 3.35. The first-order valence-electron chi connectivity index (χ1n) is 10.4. The van der Waals surface area contributed by atoms with Crippen LogP contribution in [0.3, 0.4) is 0 Å². The first-order valence-corrected chi connectivity index (χ1v) is 11.3.